The van der Waals surface area contributed by atoms with Gasteiger partial charge in [-0.15, -0.1) is 6.07 Å². The number of aryl methyl sites for hydroxylation is 1. The van der Waals surface area contributed by atoms with Crippen molar-refractivity contribution in [3.05, 3.63) is 51.3 Å². The molecule has 0 bridgehead atoms. The van der Waals surface area contributed by atoms with Crippen LogP contribution in [0.5, 0.6) is 5.75 Å². The van der Waals surface area contributed by atoms with E-state index in [1.807, 2.05) is 25.1 Å². The Hall–Kier alpha value is -0.676. The number of halogens is 1. The molecule has 0 saturated carbocycles. The molecule has 1 aromatic heterocycles. The fourth-order valence-corrected chi connectivity index (χ4v) is 2.23. The molecule has 22 heavy (non-hydrogen) atoms. The molecule has 1 heterocycles. The third-order valence-corrected chi connectivity index (χ3v) is 3.46. The van der Waals surface area contributed by atoms with Gasteiger partial charge in [-0.05, 0) is 12.1 Å². The molecular formula is C16H17ClNO3Y-. The molecular weight excluding hydrogens is 379 g/mol. The van der Waals surface area contributed by atoms with Crippen molar-refractivity contribution in [2.24, 2.45) is 7.05 Å². The van der Waals surface area contributed by atoms with E-state index in [4.69, 9.17) is 21.1 Å². The zero-order valence-corrected chi connectivity index (χ0v) is 16.4. The minimum atomic E-state index is -0.231. The van der Waals surface area contributed by atoms with Crippen LogP contribution < -0.4 is 10.3 Å². The molecule has 4 nitrogen and oxygen atoms in total. The average molecular weight is 396 g/mol. The number of rotatable bonds is 5. The first-order valence-corrected chi connectivity index (χ1v) is 6.92. The summed E-state index contributed by atoms with van der Waals surface area (Å²) < 4.78 is 12.0. The minimum absolute atomic E-state index is 0. The summed E-state index contributed by atoms with van der Waals surface area (Å²) in [5.41, 5.74) is 2.39. The maximum absolute atomic E-state index is 11.9. The van der Waals surface area contributed by atoms with Gasteiger partial charge in [0.05, 0.1) is 6.61 Å². The zero-order chi connectivity index (χ0) is 15.4. The number of aromatic nitrogens is 1. The van der Waals surface area contributed by atoms with Crippen molar-refractivity contribution in [2.45, 2.75) is 6.92 Å². The minimum Gasteiger partial charge on any atom is -0.491 e. The summed E-state index contributed by atoms with van der Waals surface area (Å²) >= 11 is 5.81. The van der Waals surface area contributed by atoms with E-state index in [0.717, 1.165) is 16.9 Å². The van der Waals surface area contributed by atoms with E-state index in [1.165, 1.54) is 10.6 Å². The van der Waals surface area contributed by atoms with Gasteiger partial charge in [0.2, 0.25) is 5.56 Å². The maximum Gasteiger partial charge on any atom is 0.212 e. The molecule has 6 heteroatoms. The van der Waals surface area contributed by atoms with Gasteiger partial charge in [0, 0.05) is 51.9 Å². The van der Waals surface area contributed by atoms with Crippen LogP contribution >= 0.6 is 11.6 Å². The molecule has 0 aliphatic carbocycles. The Bertz CT molecular complexity index is 700. The fourth-order valence-electron chi connectivity index (χ4n) is 2.04. The first-order chi connectivity index (χ1) is 10.0. The number of pyridine rings is 1. The van der Waals surface area contributed by atoms with Gasteiger partial charge in [0.15, 0.2) is 0 Å². The summed E-state index contributed by atoms with van der Waals surface area (Å²) in [5, 5.41) is 0.165. The largest absolute Gasteiger partial charge is 0.491 e. The molecule has 0 saturated heterocycles. The molecule has 115 valence electrons. The third kappa shape index (κ3) is 4.42. The van der Waals surface area contributed by atoms with Crippen molar-refractivity contribution in [1.82, 2.24) is 4.57 Å². The molecule has 0 atom stereocenters. The number of hydrogen-bond acceptors (Lipinski definition) is 3. The Kier molecular flexibility index (Phi) is 7.77. The molecule has 2 aromatic rings. The average Bonchev–Trinajstić information content (AvgIpc) is 2.46. The van der Waals surface area contributed by atoms with Crippen LogP contribution in [0.2, 0.25) is 5.02 Å². The number of benzene rings is 1. The van der Waals surface area contributed by atoms with Gasteiger partial charge in [-0.2, -0.15) is 23.7 Å². The van der Waals surface area contributed by atoms with Gasteiger partial charge < -0.3 is 14.0 Å². The maximum atomic E-state index is 11.9. The van der Waals surface area contributed by atoms with E-state index >= 15 is 0 Å². The van der Waals surface area contributed by atoms with Crippen LogP contribution in [0.25, 0.3) is 11.3 Å². The van der Waals surface area contributed by atoms with Gasteiger partial charge in [0.1, 0.15) is 12.4 Å². The Morgan fingerprint density at radius 1 is 1.32 bits per heavy atom. The van der Waals surface area contributed by atoms with Crippen molar-refractivity contribution in [3.8, 4) is 17.0 Å². The smallest absolute Gasteiger partial charge is 0.212 e. The fraction of sp³-hybridized carbons (Fsp3) is 0.312. The second-order valence-electron chi connectivity index (χ2n) is 4.67. The number of methoxy groups -OCH3 is 1. The first kappa shape index (κ1) is 19.4. The van der Waals surface area contributed by atoms with Crippen LogP contribution in [0.4, 0.5) is 0 Å². The van der Waals surface area contributed by atoms with E-state index < -0.39 is 0 Å². The van der Waals surface area contributed by atoms with Gasteiger partial charge in [-0.25, -0.2) is 0 Å². The molecule has 2 rings (SSSR count). The number of hydrogen-bond donors (Lipinski definition) is 0. The summed E-state index contributed by atoms with van der Waals surface area (Å²) in [7, 11) is 3.32. The first-order valence-electron chi connectivity index (χ1n) is 6.54. The van der Waals surface area contributed by atoms with Crippen molar-refractivity contribution >= 4 is 11.6 Å². The second-order valence-corrected chi connectivity index (χ2v) is 5.07. The molecule has 0 aliphatic rings. The molecule has 0 aliphatic heterocycles. The SMILES string of the molecule is COCCOc1ccc(-c2[c-]cc(Cl)c(=O)n2C)c(C)c1.[Y]. The standard InChI is InChI=1S/C16H17ClNO3.Y/c1-11-10-12(21-9-8-20-3)4-5-13(11)15-7-6-14(17)16(19)18(15)2;/h4-6,10H,8-9H2,1-3H3;/q-1;. The van der Waals surface area contributed by atoms with E-state index in [2.05, 4.69) is 6.07 Å². The summed E-state index contributed by atoms with van der Waals surface area (Å²) in [6.07, 6.45) is 0. The monoisotopic (exact) mass is 395 g/mol. The number of ether oxygens (including phenoxy) is 2. The van der Waals surface area contributed by atoms with Crippen LogP contribution in [-0.2, 0) is 44.5 Å². The van der Waals surface area contributed by atoms with E-state index in [9.17, 15) is 4.79 Å². The van der Waals surface area contributed by atoms with Crippen LogP contribution in [0, 0.1) is 13.0 Å². The Balaban J connectivity index is 0.00000242. The Morgan fingerprint density at radius 2 is 2.05 bits per heavy atom. The molecule has 1 aromatic carbocycles. The van der Waals surface area contributed by atoms with Crippen LogP contribution in [0.3, 0.4) is 0 Å². The van der Waals surface area contributed by atoms with Crippen molar-refractivity contribution < 1.29 is 42.2 Å². The van der Waals surface area contributed by atoms with Crippen molar-refractivity contribution in [3.63, 3.8) is 0 Å². The quantitative estimate of drug-likeness (QED) is 0.577. The Labute approximate surface area is 160 Å². The molecule has 0 fully saturated rings. The van der Waals surface area contributed by atoms with Crippen molar-refractivity contribution in [2.75, 3.05) is 20.3 Å². The molecule has 0 unspecified atom stereocenters. The van der Waals surface area contributed by atoms with Gasteiger partial charge in [0.25, 0.3) is 0 Å². The van der Waals surface area contributed by atoms with Crippen LogP contribution in [0.15, 0.2) is 29.1 Å². The van der Waals surface area contributed by atoms with Gasteiger partial charge >= 0.3 is 0 Å². The number of nitrogens with zero attached hydrogens (tertiary/aromatic N) is 1. The molecule has 0 spiro atoms. The Morgan fingerprint density at radius 3 is 2.68 bits per heavy atom. The predicted molar refractivity (Wildman–Crippen MR) is 83.1 cm³/mol. The van der Waals surface area contributed by atoms with Crippen molar-refractivity contribution in [1.29, 1.82) is 0 Å². The summed E-state index contributed by atoms with van der Waals surface area (Å²) in [6.45, 7) is 3.01. The third-order valence-electron chi connectivity index (χ3n) is 3.19. The molecule has 0 amide bonds. The predicted octanol–water partition coefficient (Wildman–Crippen LogP) is 2.84. The summed E-state index contributed by atoms with van der Waals surface area (Å²) in [4.78, 5) is 11.9. The van der Waals surface area contributed by atoms with Crippen LogP contribution in [0.1, 0.15) is 5.56 Å². The molecule has 0 N–H and O–H groups in total. The van der Waals surface area contributed by atoms with E-state index in [-0.39, 0.29) is 43.3 Å². The summed E-state index contributed by atoms with van der Waals surface area (Å²) in [5.74, 6) is 0.771. The molecule has 1 radical (unpaired) electrons. The van der Waals surface area contributed by atoms with Gasteiger partial charge in [-0.3, -0.25) is 4.79 Å². The topological polar surface area (TPSA) is 40.5 Å². The normalized spacial score (nSPS) is 10.2. The van der Waals surface area contributed by atoms with Gasteiger partial charge in [-0.1, -0.05) is 23.7 Å². The second kappa shape index (κ2) is 8.83. The van der Waals surface area contributed by atoms with E-state index in [0.29, 0.717) is 18.9 Å². The van der Waals surface area contributed by atoms with E-state index in [1.54, 1.807) is 14.2 Å². The summed E-state index contributed by atoms with van der Waals surface area (Å²) in [6, 6.07) is 10.3. The van der Waals surface area contributed by atoms with Crippen LogP contribution in [-0.4, -0.2) is 24.9 Å². The zero-order valence-electron chi connectivity index (χ0n) is 12.9.